The first-order valence-electron chi connectivity index (χ1n) is 6.48. The molecule has 0 spiro atoms. The van der Waals surface area contributed by atoms with Crippen molar-refractivity contribution in [2.24, 2.45) is 0 Å². The second-order valence-electron chi connectivity index (χ2n) is 4.58. The van der Waals surface area contributed by atoms with Crippen molar-refractivity contribution < 1.29 is 4.74 Å². The molecule has 0 aromatic carbocycles. The van der Waals surface area contributed by atoms with Crippen molar-refractivity contribution in [1.82, 2.24) is 24.5 Å². The monoisotopic (exact) mass is 303 g/mol. The molecule has 0 bridgehead atoms. The molecule has 108 valence electrons. The van der Waals surface area contributed by atoms with Crippen molar-refractivity contribution in [2.75, 3.05) is 7.11 Å². The molecule has 7 heteroatoms. The minimum atomic E-state index is -0.245. The van der Waals surface area contributed by atoms with Crippen LogP contribution < -0.4 is 4.74 Å². The summed E-state index contributed by atoms with van der Waals surface area (Å²) in [5.41, 5.74) is 2.43. The number of halogens is 1. The molecular weight excluding hydrogens is 290 g/mol. The minimum Gasteiger partial charge on any atom is -0.479 e. The van der Waals surface area contributed by atoms with E-state index in [4.69, 9.17) is 16.3 Å². The maximum atomic E-state index is 6.26. The number of aromatic nitrogens is 5. The number of alkyl halides is 1. The molecule has 1 unspecified atom stereocenters. The van der Waals surface area contributed by atoms with Crippen molar-refractivity contribution in [3.8, 4) is 5.88 Å². The molecule has 0 saturated heterocycles. The van der Waals surface area contributed by atoms with Crippen LogP contribution >= 0.6 is 11.6 Å². The number of hydrogen-bond donors (Lipinski definition) is 0. The number of ether oxygens (including phenoxy) is 1. The molecule has 1 atom stereocenters. The summed E-state index contributed by atoms with van der Waals surface area (Å²) in [4.78, 5) is 17.0. The lowest BCUT2D eigenvalue weighted by atomic mass is 10.2. The van der Waals surface area contributed by atoms with Crippen LogP contribution in [0, 0.1) is 0 Å². The predicted molar refractivity (Wildman–Crippen MR) is 79.5 cm³/mol. The van der Waals surface area contributed by atoms with Gasteiger partial charge in [-0.15, -0.1) is 11.6 Å². The molecule has 3 rings (SSSR count). The third kappa shape index (κ3) is 2.54. The van der Waals surface area contributed by atoms with Crippen molar-refractivity contribution in [1.29, 1.82) is 0 Å². The van der Waals surface area contributed by atoms with Gasteiger partial charge in [0.1, 0.15) is 12.2 Å². The fraction of sp³-hybridized carbons (Fsp3) is 0.286. The zero-order valence-corrected chi connectivity index (χ0v) is 12.4. The van der Waals surface area contributed by atoms with E-state index in [0.29, 0.717) is 23.6 Å². The Morgan fingerprint density at radius 2 is 2.05 bits per heavy atom. The highest BCUT2D eigenvalue weighted by molar-refractivity contribution is 6.20. The first-order chi connectivity index (χ1) is 10.2. The maximum absolute atomic E-state index is 6.26. The van der Waals surface area contributed by atoms with E-state index in [9.17, 15) is 0 Å². The zero-order valence-electron chi connectivity index (χ0n) is 11.7. The summed E-state index contributed by atoms with van der Waals surface area (Å²) < 4.78 is 7.22. The summed E-state index contributed by atoms with van der Waals surface area (Å²) in [6.07, 6.45) is 4.98. The van der Waals surface area contributed by atoms with Gasteiger partial charge >= 0.3 is 0 Å². The summed E-state index contributed by atoms with van der Waals surface area (Å²) in [5.74, 6) is 1.19. The molecule has 0 aliphatic rings. The number of rotatable bonds is 4. The van der Waals surface area contributed by atoms with E-state index in [0.717, 1.165) is 11.4 Å². The van der Waals surface area contributed by atoms with Gasteiger partial charge in [0, 0.05) is 12.4 Å². The molecule has 0 amide bonds. The summed E-state index contributed by atoms with van der Waals surface area (Å²) >= 11 is 6.26. The lowest BCUT2D eigenvalue weighted by Gasteiger charge is -2.09. The van der Waals surface area contributed by atoms with E-state index in [1.807, 2.05) is 23.6 Å². The molecule has 3 aromatic heterocycles. The number of hydrogen-bond acceptors (Lipinski definition) is 5. The van der Waals surface area contributed by atoms with Crippen LogP contribution in [0.3, 0.4) is 0 Å². The molecule has 6 nitrogen and oxygen atoms in total. The number of pyridine rings is 1. The largest absolute Gasteiger partial charge is 0.479 e. The van der Waals surface area contributed by atoms with Gasteiger partial charge in [-0.2, -0.15) is 4.98 Å². The minimum absolute atomic E-state index is 0.245. The Morgan fingerprint density at radius 1 is 1.29 bits per heavy atom. The first-order valence-corrected chi connectivity index (χ1v) is 6.92. The van der Waals surface area contributed by atoms with E-state index < -0.39 is 0 Å². The highest BCUT2D eigenvalue weighted by Gasteiger charge is 2.19. The van der Waals surface area contributed by atoms with Gasteiger partial charge in [-0.25, -0.2) is 9.97 Å². The van der Waals surface area contributed by atoms with Crippen LogP contribution in [0.1, 0.15) is 23.7 Å². The molecule has 0 aliphatic heterocycles. The summed E-state index contributed by atoms with van der Waals surface area (Å²) in [7, 11) is 1.56. The van der Waals surface area contributed by atoms with Crippen molar-refractivity contribution >= 4 is 22.8 Å². The van der Waals surface area contributed by atoms with E-state index >= 15 is 0 Å². The highest BCUT2D eigenvalue weighted by atomic mass is 35.5. The summed E-state index contributed by atoms with van der Waals surface area (Å²) in [6.45, 7) is 2.50. The smallest absolute Gasteiger partial charge is 0.245 e. The summed E-state index contributed by atoms with van der Waals surface area (Å²) in [5, 5.41) is -0.245. The molecule has 21 heavy (non-hydrogen) atoms. The molecule has 0 aliphatic carbocycles. The average Bonchev–Trinajstić information content (AvgIpc) is 2.87. The Hall–Kier alpha value is -2.21. The molecule has 0 radical (unpaired) electrons. The van der Waals surface area contributed by atoms with E-state index in [-0.39, 0.29) is 5.38 Å². The molecule has 3 aromatic rings. The fourth-order valence-corrected chi connectivity index (χ4v) is 2.38. The van der Waals surface area contributed by atoms with Crippen LogP contribution in [0.2, 0.25) is 0 Å². The van der Waals surface area contributed by atoms with Crippen molar-refractivity contribution in [3.05, 3.63) is 42.2 Å². The molecule has 0 N–H and O–H groups in total. The number of fused-ring (bicyclic) bond motifs is 1. The summed E-state index contributed by atoms with van der Waals surface area (Å²) in [6, 6.07) is 3.90. The maximum Gasteiger partial charge on any atom is 0.245 e. The van der Waals surface area contributed by atoms with Crippen LogP contribution in [0.4, 0.5) is 0 Å². The van der Waals surface area contributed by atoms with Crippen molar-refractivity contribution in [2.45, 2.75) is 18.8 Å². The van der Waals surface area contributed by atoms with Gasteiger partial charge in [-0.3, -0.25) is 4.98 Å². The van der Waals surface area contributed by atoms with Crippen LogP contribution in [0.5, 0.6) is 5.88 Å². The van der Waals surface area contributed by atoms with Gasteiger partial charge < -0.3 is 9.30 Å². The number of nitrogens with zero attached hydrogens (tertiary/aromatic N) is 5. The third-order valence-corrected chi connectivity index (χ3v) is 3.36. The Labute approximate surface area is 126 Å². The highest BCUT2D eigenvalue weighted by Crippen LogP contribution is 2.27. The van der Waals surface area contributed by atoms with Crippen LogP contribution in [-0.4, -0.2) is 31.6 Å². The van der Waals surface area contributed by atoms with Gasteiger partial charge in [0.25, 0.3) is 0 Å². The molecule has 0 saturated carbocycles. The van der Waals surface area contributed by atoms with E-state index in [2.05, 4.69) is 19.9 Å². The molecular formula is C14H14ClN5O. The second kappa shape index (κ2) is 5.65. The standard InChI is InChI=1S/C14H14ClN5O/c1-9(15)12-19-11-13(17-8-18-14(11)21-2)20(12)7-10-3-5-16-6-4-10/h3-6,8-9H,7H2,1-2H3. The number of imidazole rings is 1. The Balaban J connectivity index is 2.17. The lowest BCUT2D eigenvalue weighted by Crippen LogP contribution is -2.06. The third-order valence-electron chi connectivity index (χ3n) is 3.17. The van der Waals surface area contributed by atoms with Gasteiger partial charge in [0.2, 0.25) is 5.88 Å². The van der Waals surface area contributed by atoms with Gasteiger partial charge in [0.15, 0.2) is 11.2 Å². The Kier molecular flexibility index (Phi) is 3.70. The Morgan fingerprint density at radius 3 is 2.71 bits per heavy atom. The molecule has 3 heterocycles. The normalized spacial score (nSPS) is 12.5. The SMILES string of the molecule is COc1ncnc2c1nc(C(C)Cl)n2Cc1ccncc1. The Bertz CT molecular complexity index is 757. The van der Waals surface area contributed by atoms with Crippen molar-refractivity contribution in [3.63, 3.8) is 0 Å². The lowest BCUT2D eigenvalue weighted by molar-refractivity contribution is 0.401. The van der Waals surface area contributed by atoms with Gasteiger partial charge in [-0.1, -0.05) is 0 Å². The average molecular weight is 304 g/mol. The quantitative estimate of drug-likeness (QED) is 0.693. The predicted octanol–water partition coefficient (Wildman–Crippen LogP) is 2.58. The van der Waals surface area contributed by atoms with Crippen LogP contribution in [0.25, 0.3) is 11.2 Å². The fourth-order valence-electron chi connectivity index (χ4n) is 2.21. The topological polar surface area (TPSA) is 65.7 Å². The first kappa shape index (κ1) is 13.8. The van der Waals surface area contributed by atoms with E-state index in [1.165, 1.54) is 6.33 Å². The zero-order chi connectivity index (χ0) is 14.8. The van der Waals surface area contributed by atoms with Gasteiger partial charge in [0.05, 0.1) is 19.0 Å². The van der Waals surface area contributed by atoms with Gasteiger partial charge in [-0.05, 0) is 24.6 Å². The second-order valence-corrected chi connectivity index (χ2v) is 5.24. The van der Waals surface area contributed by atoms with Crippen LogP contribution in [0.15, 0.2) is 30.9 Å². The molecule has 0 fully saturated rings. The van der Waals surface area contributed by atoms with Crippen LogP contribution in [-0.2, 0) is 6.54 Å². The van der Waals surface area contributed by atoms with E-state index in [1.54, 1.807) is 19.5 Å². The number of methoxy groups -OCH3 is 1.